The van der Waals surface area contributed by atoms with E-state index in [1.807, 2.05) is 12.1 Å². The topological polar surface area (TPSA) is 59.8 Å². The molecule has 2 atom stereocenters. The molecule has 0 aromatic carbocycles. The molecule has 0 aliphatic heterocycles. The molecule has 5 nitrogen and oxygen atoms in total. The van der Waals surface area contributed by atoms with Crippen molar-refractivity contribution in [2.24, 2.45) is 5.92 Å². The minimum atomic E-state index is -0.342. The van der Waals surface area contributed by atoms with Crippen LogP contribution in [0.25, 0.3) is 0 Å². The Kier molecular flexibility index (Phi) is 3.99. The van der Waals surface area contributed by atoms with Gasteiger partial charge in [0, 0.05) is 17.9 Å². The first kappa shape index (κ1) is 14.2. The molecule has 0 N–H and O–H groups in total. The summed E-state index contributed by atoms with van der Waals surface area (Å²) < 4.78 is 10.1. The molecule has 21 heavy (non-hydrogen) atoms. The highest BCUT2D eigenvalue weighted by molar-refractivity contribution is 5.86. The zero-order valence-corrected chi connectivity index (χ0v) is 12.3. The van der Waals surface area contributed by atoms with E-state index < -0.39 is 0 Å². The van der Waals surface area contributed by atoms with E-state index in [1.165, 1.54) is 7.11 Å². The van der Waals surface area contributed by atoms with Gasteiger partial charge >= 0.3 is 5.97 Å². The summed E-state index contributed by atoms with van der Waals surface area (Å²) in [4.78, 5) is 26.1. The minimum Gasteiger partial charge on any atom is -0.469 e. The second-order valence-electron chi connectivity index (χ2n) is 5.94. The summed E-state index contributed by atoms with van der Waals surface area (Å²) in [5.41, 5.74) is 0. The Balaban J connectivity index is 1.68. The van der Waals surface area contributed by atoms with Gasteiger partial charge in [0.15, 0.2) is 0 Å². The first-order valence-corrected chi connectivity index (χ1v) is 7.61. The number of esters is 1. The molecule has 0 bridgehead atoms. The van der Waals surface area contributed by atoms with Crippen LogP contribution in [0, 0.1) is 5.92 Å². The molecule has 2 saturated carbocycles. The lowest BCUT2D eigenvalue weighted by molar-refractivity contribution is -0.149. The first-order chi connectivity index (χ1) is 10.2. The van der Waals surface area contributed by atoms with Crippen LogP contribution in [0.2, 0.25) is 0 Å². The van der Waals surface area contributed by atoms with Crippen LogP contribution in [0.15, 0.2) is 22.8 Å². The van der Waals surface area contributed by atoms with Crippen molar-refractivity contribution < 1.29 is 18.7 Å². The summed E-state index contributed by atoms with van der Waals surface area (Å²) in [5, 5.41) is 0. The Morgan fingerprint density at radius 2 is 2.14 bits per heavy atom. The van der Waals surface area contributed by atoms with Crippen LogP contribution < -0.4 is 0 Å². The van der Waals surface area contributed by atoms with Crippen molar-refractivity contribution in [3.63, 3.8) is 0 Å². The summed E-state index contributed by atoms with van der Waals surface area (Å²) in [6, 6.07) is 3.95. The van der Waals surface area contributed by atoms with E-state index in [1.54, 1.807) is 11.2 Å². The predicted octanol–water partition coefficient (Wildman–Crippen LogP) is 2.33. The van der Waals surface area contributed by atoms with Gasteiger partial charge in [-0.15, -0.1) is 0 Å². The predicted molar refractivity (Wildman–Crippen MR) is 75.5 cm³/mol. The van der Waals surface area contributed by atoms with E-state index in [2.05, 4.69) is 0 Å². The Hall–Kier alpha value is -1.78. The molecule has 1 aromatic rings. The van der Waals surface area contributed by atoms with Crippen LogP contribution in [-0.2, 0) is 14.3 Å². The van der Waals surface area contributed by atoms with Gasteiger partial charge in [0.2, 0.25) is 5.91 Å². The molecule has 1 heterocycles. The maximum Gasteiger partial charge on any atom is 0.325 e. The van der Waals surface area contributed by atoms with E-state index >= 15 is 0 Å². The first-order valence-electron chi connectivity index (χ1n) is 7.61. The largest absolute Gasteiger partial charge is 0.469 e. The molecule has 2 fully saturated rings. The lowest BCUT2D eigenvalue weighted by atomic mass is 10.1. The van der Waals surface area contributed by atoms with E-state index in [9.17, 15) is 9.59 Å². The number of methoxy groups -OCH3 is 1. The van der Waals surface area contributed by atoms with Gasteiger partial charge in [0.25, 0.3) is 0 Å². The lowest BCUT2D eigenvalue weighted by Gasteiger charge is -2.28. The SMILES string of the molecule is COC(=O)CN(C(=O)[C@H]1C[C@@H]1c1ccco1)C1CCCC1. The quantitative estimate of drug-likeness (QED) is 0.781. The maximum absolute atomic E-state index is 12.7. The third kappa shape index (κ3) is 2.96. The summed E-state index contributed by atoms with van der Waals surface area (Å²) in [7, 11) is 1.36. The standard InChI is InChI=1S/C16H21NO4/c1-20-15(18)10-17(11-5-2-3-6-11)16(19)13-9-12(13)14-7-4-8-21-14/h4,7-8,11-13H,2-3,5-6,9-10H2,1H3/t12-,13-/m0/s1. The Morgan fingerprint density at radius 3 is 2.76 bits per heavy atom. The van der Waals surface area contributed by atoms with Gasteiger partial charge in [-0.05, 0) is 31.4 Å². The average Bonchev–Trinajstić information content (AvgIpc) is 2.94. The van der Waals surface area contributed by atoms with Gasteiger partial charge in [-0.2, -0.15) is 0 Å². The van der Waals surface area contributed by atoms with Crippen molar-refractivity contribution in [1.29, 1.82) is 0 Å². The average molecular weight is 291 g/mol. The van der Waals surface area contributed by atoms with Crippen molar-refractivity contribution in [3.8, 4) is 0 Å². The highest BCUT2D eigenvalue weighted by atomic mass is 16.5. The third-order valence-electron chi connectivity index (χ3n) is 4.59. The zero-order chi connectivity index (χ0) is 14.8. The number of ether oxygens (including phenoxy) is 1. The molecular weight excluding hydrogens is 270 g/mol. The summed E-state index contributed by atoms with van der Waals surface area (Å²) in [5.74, 6) is 0.743. The van der Waals surface area contributed by atoms with E-state index in [-0.39, 0.29) is 36.3 Å². The molecule has 0 radical (unpaired) electrons. The normalized spacial score (nSPS) is 24.8. The summed E-state index contributed by atoms with van der Waals surface area (Å²) in [6.45, 7) is 0.0708. The van der Waals surface area contributed by atoms with Crippen LogP contribution in [0.3, 0.4) is 0 Å². The summed E-state index contributed by atoms with van der Waals surface area (Å²) in [6.07, 6.45) is 6.68. The van der Waals surface area contributed by atoms with Crippen LogP contribution in [0.5, 0.6) is 0 Å². The van der Waals surface area contributed by atoms with Gasteiger partial charge < -0.3 is 14.1 Å². The Bertz CT molecular complexity index is 504. The van der Waals surface area contributed by atoms with Crippen molar-refractivity contribution >= 4 is 11.9 Å². The maximum atomic E-state index is 12.7. The fourth-order valence-corrected chi connectivity index (χ4v) is 3.30. The Morgan fingerprint density at radius 1 is 1.38 bits per heavy atom. The van der Waals surface area contributed by atoms with Crippen LogP contribution in [0.1, 0.15) is 43.8 Å². The number of rotatable bonds is 5. The van der Waals surface area contributed by atoms with Crippen LogP contribution >= 0.6 is 0 Å². The van der Waals surface area contributed by atoms with Gasteiger partial charge in [0.05, 0.1) is 13.4 Å². The van der Waals surface area contributed by atoms with Gasteiger partial charge in [-0.3, -0.25) is 9.59 Å². The van der Waals surface area contributed by atoms with Crippen LogP contribution in [-0.4, -0.2) is 36.5 Å². The van der Waals surface area contributed by atoms with Gasteiger partial charge in [-0.1, -0.05) is 12.8 Å². The number of hydrogen-bond donors (Lipinski definition) is 0. The van der Waals surface area contributed by atoms with E-state index in [0.29, 0.717) is 0 Å². The van der Waals surface area contributed by atoms with Gasteiger partial charge in [-0.25, -0.2) is 0 Å². The molecule has 2 aliphatic rings. The third-order valence-corrected chi connectivity index (χ3v) is 4.59. The molecular formula is C16H21NO4. The minimum absolute atomic E-state index is 0.0404. The van der Waals surface area contributed by atoms with Gasteiger partial charge in [0.1, 0.15) is 12.3 Å². The second-order valence-corrected chi connectivity index (χ2v) is 5.94. The van der Waals surface area contributed by atoms with Crippen molar-refractivity contribution in [1.82, 2.24) is 4.90 Å². The molecule has 114 valence electrons. The molecule has 0 spiro atoms. The van der Waals surface area contributed by atoms with Crippen molar-refractivity contribution in [2.45, 2.75) is 44.1 Å². The number of hydrogen-bond acceptors (Lipinski definition) is 4. The van der Waals surface area contributed by atoms with E-state index in [4.69, 9.17) is 9.15 Å². The molecule has 1 amide bonds. The molecule has 2 aliphatic carbocycles. The lowest BCUT2D eigenvalue weighted by Crippen LogP contribution is -2.43. The zero-order valence-electron chi connectivity index (χ0n) is 12.3. The molecule has 5 heteroatoms. The fourth-order valence-electron chi connectivity index (χ4n) is 3.30. The number of nitrogens with zero attached hydrogens (tertiary/aromatic N) is 1. The molecule has 3 rings (SSSR count). The highest BCUT2D eigenvalue weighted by Crippen LogP contribution is 2.49. The highest BCUT2D eigenvalue weighted by Gasteiger charge is 2.49. The second kappa shape index (κ2) is 5.92. The summed E-state index contributed by atoms with van der Waals surface area (Å²) >= 11 is 0. The number of furan rings is 1. The number of amides is 1. The molecule has 1 aromatic heterocycles. The van der Waals surface area contributed by atoms with Crippen molar-refractivity contribution in [3.05, 3.63) is 24.2 Å². The number of carbonyl (C=O) groups excluding carboxylic acids is 2. The van der Waals surface area contributed by atoms with E-state index in [0.717, 1.165) is 37.9 Å². The van der Waals surface area contributed by atoms with Crippen molar-refractivity contribution in [2.75, 3.05) is 13.7 Å². The van der Waals surface area contributed by atoms with Crippen LogP contribution in [0.4, 0.5) is 0 Å². The molecule has 0 unspecified atom stereocenters. The Labute approximate surface area is 124 Å². The monoisotopic (exact) mass is 291 g/mol. The fraction of sp³-hybridized carbons (Fsp3) is 0.625. The number of carbonyl (C=O) groups is 2. The smallest absolute Gasteiger partial charge is 0.325 e. The molecule has 0 saturated heterocycles.